The van der Waals surface area contributed by atoms with Crippen LogP contribution in [0.1, 0.15) is 21.5 Å². The largest absolute Gasteiger partial charge is 0.493 e. The Labute approximate surface area is 135 Å². The summed E-state index contributed by atoms with van der Waals surface area (Å²) in [7, 11) is 3.12. The zero-order valence-corrected chi connectivity index (χ0v) is 13.5. The van der Waals surface area contributed by atoms with Crippen LogP contribution in [0.2, 0.25) is 5.02 Å². The van der Waals surface area contributed by atoms with Crippen LogP contribution in [0.5, 0.6) is 11.5 Å². The first kappa shape index (κ1) is 16.1. The number of ketones is 1. The number of carbonyl (C=O) groups excluding carboxylic acids is 1. The van der Waals surface area contributed by atoms with E-state index in [1.54, 1.807) is 44.6 Å². The number of allylic oxidation sites excluding steroid dienone is 1. The van der Waals surface area contributed by atoms with Crippen LogP contribution >= 0.6 is 11.6 Å². The molecule has 0 aliphatic rings. The quantitative estimate of drug-likeness (QED) is 0.599. The van der Waals surface area contributed by atoms with E-state index in [-0.39, 0.29) is 5.78 Å². The fraction of sp³-hybridized carbons (Fsp3) is 0.167. The van der Waals surface area contributed by atoms with Crippen LogP contribution in [0, 0.1) is 6.92 Å². The molecule has 2 rings (SSSR count). The van der Waals surface area contributed by atoms with E-state index in [9.17, 15) is 4.79 Å². The van der Waals surface area contributed by atoms with Gasteiger partial charge in [-0.3, -0.25) is 4.79 Å². The average Bonchev–Trinajstić information content (AvgIpc) is 2.53. The lowest BCUT2D eigenvalue weighted by Crippen LogP contribution is -2.01. The van der Waals surface area contributed by atoms with E-state index in [1.807, 2.05) is 19.1 Å². The summed E-state index contributed by atoms with van der Waals surface area (Å²) >= 11 is 5.84. The summed E-state index contributed by atoms with van der Waals surface area (Å²) in [6, 6.07) is 10.8. The van der Waals surface area contributed by atoms with Crippen LogP contribution in [0.25, 0.3) is 6.08 Å². The van der Waals surface area contributed by atoms with Gasteiger partial charge in [-0.25, -0.2) is 0 Å². The third-order valence-corrected chi connectivity index (χ3v) is 3.55. The van der Waals surface area contributed by atoms with Gasteiger partial charge < -0.3 is 9.47 Å². The molecule has 0 aliphatic carbocycles. The molecule has 0 N–H and O–H groups in total. The van der Waals surface area contributed by atoms with Gasteiger partial charge in [0.1, 0.15) is 0 Å². The maximum atomic E-state index is 12.4. The molecule has 2 aromatic rings. The molecule has 0 heterocycles. The lowest BCUT2D eigenvalue weighted by Gasteiger charge is -2.11. The van der Waals surface area contributed by atoms with E-state index in [0.29, 0.717) is 22.1 Å². The highest BCUT2D eigenvalue weighted by atomic mass is 35.5. The van der Waals surface area contributed by atoms with E-state index < -0.39 is 0 Å². The van der Waals surface area contributed by atoms with Gasteiger partial charge in [0.25, 0.3) is 0 Å². The van der Waals surface area contributed by atoms with E-state index in [1.165, 1.54) is 6.08 Å². The Hall–Kier alpha value is -2.26. The fourth-order valence-corrected chi connectivity index (χ4v) is 2.21. The number of benzene rings is 2. The van der Waals surface area contributed by atoms with E-state index in [4.69, 9.17) is 21.1 Å². The van der Waals surface area contributed by atoms with Crippen LogP contribution < -0.4 is 9.47 Å². The first-order chi connectivity index (χ1) is 10.5. The van der Waals surface area contributed by atoms with Crippen molar-refractivity contribution in [2.45, 2.75) is 6.92 Å². The van der Waals surface area contributed by atoms with Crippen LogP contribution in [0.15, 0.2) is 42.5 Å². The molecule has 0 spiro atoms. The lowest BCUT2D eigenvalue weighted by molar-refractivity contribution is 0.104. The summed E-state index contributed by atoms with van der Waals surface area (Å²) in [5.41, 5.74) is 2.34. The number of methoxy groups -OCH3 is 2. The third kappa shape index (κ3) is 3.68. The van der Waals surface area contributed by atoms with Crippen molar-refractivity contribution in [3.8, 4) is 11.5 Å². The molecule has 114 valence electrons. The molecule has 2 aromatic carbocycles. The molecular weight excluding hydrogens is 300 g/mol. The second-order valence-corrected chi connectivity index (χ2v) is 5.21. The Balaban J connectivity index is 2.27. The molecule has 0 aromatic heterocycles. The first-order valence-electron chi connectivity index (χ1n) is 6.75. The van der Waals surface area contributed by atoms with Gasteiger partial charge in [0.05, 0.1) is 14.2 Å². The molecule has 0 aliphatic heterocycles. The summed E-state index contributed by atoms with van der Waals surface area (Å²) in [4.78, 5) is 12.4. The number of hydrogen-bond donors (Lipinski definition) is 0. The highest BCUT2D eigenvalue weighted by molar-refractivity contribution is 6.30. The zero-order valence-electron chi connectivity index (χ0n) is 12.7. The molecule has 0 unspecified atom stereocenters. The van der Waals surface area contributed by atoms with Crippen LogP contribution in [-0.2, 0) is 0 Å². The monoisotopic (exact) mass is 316 g/mol. The predicted molar refractivity (Wildman–Crippen MR) is 89.1 cm³/mol. The minimum atomic E-state index is -0.0894. The maximum absolute atomic E-state index is 12.4. The normalized spacial score (nSPS) is 10.7. The van der Waals surface area contributed by atoms with E-state index in [0.717, 1.165) is 11.1 Å². The Morgan fingerprint density at radius 1 is 1.05 bits per heavy atom. The third-order valence-electron chi connectivity index (χ3n) is 3.29. The van der Waals surface area contributed by atoms with Crippen molar-refractivity contribution in [3.63, 3.8) is 0 Å². The number of ether oxygens (including phenoxy) is 2. The van der Waals surface area contributed by atoms with E-state index >= 15 is 0 Å². The van der Waals surface area contributed by atoms with Gasteiger partial charge in [-0.05, 0) is 48.4 Å². The fourth-order valence-electron chi connectivity index (χ4n) is 2.08. The summed E-state index contributed by atoms with van der Waals surface area (Å²) < 4.78 is 10.5. The average molecular weight is 317 g/mol. The van der Waals surface area contributed by atoms with Crippen molar-refractivity contribution in [1.82, 2.24) is 0 Å². The molecule has 0 amide bonds. The van der Waals surface area contributed by atoms with Crippen molar-refractivity contribution >= 4 is 23.5 Å². The summed E-state index contributed by atoms with van der Waals surface area (Å²) in [6.07, 6.45) is 3.30. The van der Waals surface area contributed by atoms with Gasteiger partial charge in [0, 0.05) is 10.6 Å². The Bertz CT molecular complexity index is 703. The van der Waals surface area contributed by atoms with Crippen molar-refractivity contribution in [2.24, 2.45) is 0 Å². The second kappa shape index (κ2) is 7.14. The lowest BCUT2D eigenvalue weighted by atomic mass is 10.0. The van der Waals surface area contributed by atoms with Gasteiger partial charge >= 0.3 is 0 Å². The zero-order chi connectivity index (χ0) is 16.1. The number of carbonyl (C=O) groups is 1. The van der Waals surface area contributed by atoms with Crippen LogP contribution in [0.3, 0.4) is 0 Å². The first-order valence-corrected chi connectivity index (χ1v) is 7.13. The highest BCUT2D eigenvalue weighted by Gasteiger charge is 2.12. The standard InChI is InChI=1S/C18H17ClO3/c1-12-10-17(21-2)18(22-3)11-15(12)16(20)9-6-13-4-7-14(19)8-5-13/h4-11H,1-3H3. The Kier molecular flexibility index (Phi) is 5.23. The highest BCUT2D eigenvalue weighted by Crippen LogP contribution is 2.30. The molecule has 0 saturated heterocycles. The van der Waals surface area contributed by atoms with Crippen molar-refractivity contribution in [3.05, 3.63) is 64.2 Å². The van der Waals surface area contributed by atoms with Gasteiger partial charge in [0.2, 0.25) is 0 Å². The van der Waals surface area contributed by atoms with Crippen molar-refractivity contribution in [1.29, 1.82) is 0 Å². The SMILES string of the molecule is COc1cc(C)c(C(=O)C=Cc2ccc(Cl)cc2)cc1OC. The molecule has 3 nitrogen and oxygen atoms in total. The Morgan fingerprint density at radius 3 is 2.23 bits per heavy atom. The molecule has 0 saturated carbocycles. The Morgan fingerprint density at radius 2 is 1.64 bits per heavy atom. The van der Waals surface area contributed by atoms with Crippen molar-refractivity contribution < 1.29 is 14.3 Å². The summed E-state index contributed by atoms with van der Waals surface area (Å²) in [5.74, 6) is 1.06. The number of rotatable bonds is 5. The topological polar surface area (TPSA) is 35.5 Å². The van der Waals surface area contributed by atoms with Crippen LogP contribution in [0.4, 0.5) is 0 Å². The van der Waals surface area contributed by atoms with Gasteiger partial charge in [-0.15, -0.1) is 0 Å². The maximum Gasteiger partial charge on any atom is 0.186 e. The molecule has 0 bridgehead atoms. The molecule has 22 heavy (non-hydrogen) atoms. The minimum absolute atomic E-state index is 0.0894. The summed E-state index contributed by atoms with van der Waals surface area (Å²) in [5, 5.41) is 0.666. The van der Waals surface area contributed by atoms with Gasteiger partial charge in [0.15, 0.2) is 17.3 Å². The number of hydrogen-bond acceptors (Lipinski definition) is 3. The van der Waals surface area contributed by atoms with Crippen LogP contribution in [-0.4, -0.2) is 20.0 Å². The molecular formula is C18H17ClO3. The predicted octanol–water partition coefficient (Wildman–Crippen LogP) is 4.56. The van der Waals surface area contributed by atoms with Gasteiger partial charge in [-0.2, -0.15) is 0 Å². The molecule has 0 fully saturated rings. The minimum Gasteiger partial charge on any atom is -0.493 e. The molecule has 0 atom stereocenters. The van der Waals surface area contributed by atoms with Gasteiger partial charge in [-0.1, -0.05) is 29.8 Å². The second-order valence-electron chi connectivity index (χ2n) is 4.77. The van der Waals surface area contributed by atoms with E-state index in [2.05, 4.69) is 0 Å². The number of halogens is 1. The molecule has 4 heteroatoms. The summed E-state index contributed by atoms with van der Waals surface area (Å²) in [6.45, 7) is 1.87. The van der Waals surface area contributed by atoms with Crippen molar-refractivity contribution in [2.75, 3.05) is 14.2 Å². The molecule has 0 radical (unpaired) electrons. The number of aryl methyl sites for hydroxylation is 1. The smallest absolute Gasteiger partial charge is 0.186 e.